The number of imide groups is 1. The van der Waals surface area contributed by atoms with Crippen molar-refractivity contribution in [2.24, 2.45) is 5.41 Å². The van der Waals surface area contributed by atoms with Crippen LogP contribution in [0.2, 0.25) is 0 Å². The van der Waals surface area contributed by atoms with E-state index >= 15 is 0 Å². The monoisotopic (exact) mass is 570 g/mol. The fourth-order valence-electron chi connectivity index (χ4n) is 3.53. The van der Waals surface area contributed by atoms with E-state index in [2.05, 4.69) is 29.4 Å². The maximum absolute atomic E-state index is 13.4. The normalized spacial score (nSPS) is 15.0. The third kappa shape index (κ3) is 15.2. The number of carbonyl (C=O) groups excluding carboxylic acids is 3. The Morgan fingerprint density at radius 1 is 1.11 bits per heavy atom. The Balaban J connectivity index is 5.49. The second kappa shape index (κ2) is 19.1. The Bertz CT molecular complexity index is 739. The maximum Gasteiger partial charge on any atom is 0.472 e. The van der Waals surface area contributed by atoms with Crippen molar-refractivity contribution in [2.75, 3.05) is 32.6 Å². The Labute approximate surface area is 226 Å². The summed E-state index contributed by atoms with van der Waals surface area (Å²) in [6, 6.07) is 0. The molecule has 0 aliphatic carbocycles. The first kappa shape index (κ1) is 36.0. The molecule has 0 saturated heterocycles. The number of aliphatic hydroxyl groups excluding tert-OH is 2. The lowest BCUT2D eigenvalue weighted by Gasteiger charge is -2.35. The number of rotatable bonds is 21. The van der Waals surface area contributed by atoms with Crippen molar-refractivity contribution in [3.05, 3.63) is 0 Å². The molecule has 0 aliphatic rings. The summed E-state index contributed by atoms with van der Waals surface area (Å²) in [7, 11) is -3.76. The van der Waals surface area contributed by atoms with Crippen LogP contribution in [-0.4, -0.2) is 82.5 Å². The molecule has 0 aromatic carbocycles. The van der Waals surface area contributed by atoms with Gasteiger partial charge in [-0.15, -0.1) is 0 Å². The van der Waals surface area contributed by atoms with E-state index in [0.717, 1.165) is 44.1 Å². The summed E-state index contributed by atoms with van der Waals surface area (Å²) in [6.45, 7) is 4.33. The molecule has 0 saturated carbocycles. The SMILES string of the molecule is CCCCCCCCCC(O)CC(=O)N(CCC(=O)NCCS)C(=O)[C@H](OP(=O)(O)OC)C(C)(C)CO. The van der Waals surface area contributed by atoms with E-state index in [1.54, 1.807) is 0 Å². The van der Waals surface area contributed by atoms with Crippen LogP contribution in [0, 0.1) is 5.41 Å². The molecule has 0 radical (unpaired) electrons. The van der Waals surface area contributed by atoms with Gasteiger partial charge in [-0.05, 0) is 6.42 Å². The smallest absolute Gasteiger partial charge is 0.396 e. The number of nitrogens with zero attached hydrogens (tertiary/aromatic N) is 1. The van der Waals surface area contributed by atoms with Gasteiger partial charge in [-0.25, -0.2) is 4.57 Å². The number of carbonyl (C=O) groups is 3. The number of amides is 3. The molecule has 0 aromatic heterocycles. The van der Waals surface area contributed by atoms with E-state index in [-0.39, 0.29) is 19.4 Å². The van der Waals surface area contributed by atoms with Gasteiger partial charge in [-0.2, -0.15) is 12.6 Å². The second-order valence-electron chi connectivity index (χ2n) is 9.76. The topological polar surface area (TPSA) is 163 Å². The number of nitrogens with one attached hydrogen (secondary N) is 1. The molecule has 0 aromatic rings. The molecule has 0 fully saturated rings. The van der Waals surface area contributed by atoms with Crippen LogP contribution in [0.1, 0.15) is 85.0 Å². The molecule has 218 valence electrons. The minimum absolute atomic E-state index is 0.230. The average Bonchev–Trinajstić information content (AvgIpc) is 2.85. The summed E-state index contributed by atoms with van der Waals surface area (Å²) >= 11 is 4.02. The predicted molar refractivity (Wildman–Crippen MR) is 144 cm³/mol. The lowest BCUT2D eigenvalue weighted by molar-refractivity contribution is -0.156. The molecular formula is C24H47N2O9PS. The van der Waals surface area contributed by atoms with E-state index in [0.29, 0.717) is 18.7 Å². The number of unbranched alkanes of at least 4 members (excludes halogenated alkanes) is 6. The number of hydrogen-bond acceptors (Lipinski definition) is 9. The van der Waals surface area contributed by atoms with Gasteiger partial charge in [0.05, 0.1) is 19.1 Å². The lowest BCUT2D eigenvalue weighted by Crippen LogP contribution is -2.52. The molecule has 11 nitrogen and oxygen atoms in total. The number of phosphoric ester groups is 1. The van der Waals surface area contributed by atoms with Crippen molar-refractivity contribution >= 4 is 38.2 Å². The summed E-state index contributed by atoms with van der Waals surface area (Å²) in [5, 5.41) is 22.8. The highest BCUT2D eigenvalue weighted by Gasteiger charge is 2.44. The summed E-state index contributed by atoms with van der Waals surface area (Å²) in [5.74, 6) is -1.79. The van der Waals surface area contributed by atoms with E-state index in [9.17, 15) is 34.1 Å². The van der Waals surface area contributed by atoms with Gasteiger partial charge in [-0.3, -0.25) is 28.3 Å². The fraction of sp³-hybridized carbons (Fsp3) is 0.875. The van der Waals surface area contributed by atoms with Crippen molar-refractivity contribution in [1.29, 1.82) is 0 Å². The molecule has 0 rings (SSSR count). The molecule has 2 unspecified atom stereocenters. The zero-order valence-corrected chi connectivity index (χ0v) is 24.5. The van der Waals surface area contributed by atoms with E-state index in [1.165, 1.54) is 26.7 Å². The first-order chi connectivity index (χ1) is 17.3. The Morgan fingerprint density at radius 2 is 1.70 bits per heavy atom. The minimum Gasteiger partial charge on any atom is -0.396 e. The van der Waals surface area contributed by atoms with Crippen molar-refractivity contribution in [1.82, 2.24) is 10.2 Å². The summed E-state index contributed by atoms with van der Waals surface area (Å²) in [6.07, 6.45) is 4.40. The fourth-order valence-corrected chi connectivity index (χ4v) is 4.37. The highest BCUT2D eigenvalue weighted by Crippen LogP contribution is 2.46. The van der Waals surface area contributed by atoms with Gasteiger partial charge in [0.25, 0.3) is 5.91 Å². The molecule has 0 heterocycles. The lowest BCUT2D eigenvalue weighted by atomic mass is 9.86. The number of phosphoric acid groups is 1. The van der Waals surface area contributed by atoms with Crippen molar-refractivity contribution in [3.8, 4) is 0 Å². The molecule has 3 amide bonds. The van der Waals surface area contributed by atoms with E-state index < -0.39 is 49.8 Å². The summed E-state index contributed by atoms with van der Waals surface area (Å²) in [4.78, 5) is 49.2. The van der Waals surface area contributed by atoms with Crippen LogP contribution in [0.15, 0.2) is 0 Å². The minimum atomic E-state index is -4.68. The number of hydrogen-bond donors (Lipinski definition) is 5. The van der Waals surface area contributed by atoms with E-state index in [1.807, 2.05) is 0 Å². The van der Waals surface area contributed by atoms with Crippen LogP contribution in [-0.2, 0) is 28.0 Å². The van der Waals surface area contributed by atoms with Crippen molar-refractivity contribution < 1.29 is 43.1 Å². The number of aliphatic hydroxyl groups is 2. The van der Waals surface area contributed by atoms with Crippen LogP contribution in [0.5, 0.6) is 0 Å². The largest absolute Gasteiger partial charge is 0.472 e. The van der Waals surface area contributed by atoms with Gasteiger partial charge in [-0.1, -0.05) is 65.7 Å². The van der Waals surface area contributed by atoms with Crippen LogP contribution in [0.3, 0.4) is 0 Å². The summed E-state index contributed by atoms with van der Waals surface area (Å²) < 4.78 is 21.6. The standard InChI is InChI=1S/C24H47N2O9PS/c1-5-6-7-8-9-10-11-12-19(28)17-21(30)26(15-13-20(29)25-14-16-37)23(31)22(24(2,3)18-27)35-36(32,33)34-4/h19,22,27-28,37H,5-18H2,1-4H3,(H,25,29)(H,32,33)/t19?,22-/m0/s1. The first-order valence-corrected chi connectivity index (χ1v) is 15.1. The molecule has 0 bridgehead atoms. The highest BCUT2D eigenvalue weighted by molar-refractivity contribution is 7.80. The maximum atomic E-state index is 13.4. The van der Waals surface area contributed by atoms with Crippen molar-refractivity contribution in [2.45, 2.75) is 97.2 Å². The van der Waals surface area contributed by atoms with Crippen LogP contribution in [0.4, 0.5) is 0 Å². The van der Waals surface area contributed by atoms with Crippen LogP contribution < -0.4 is 5.32 Å². The summed E-state index contributed by atoms with van der Waals surface area (Å²) in [5.41, 5.74) is -1.38. The molecule has 0 aliphatic heterocycles. The average molecular weight is 571 g/mol. The van der Waals surface area contributed by atoms with E-state index in [4.69, 9.17) is 4.52 Å². The van der Waals surface area contributed by atoms with Crippen LogP contribution >= 0.6 is 20.5 Å². The molecular weight excluding hydrogens is 523 g/mol. The van der Waals surface area contributed by atoms with Gasteiger partial charge in [0.2, 0.25) is 11.8 Å². The molecule has 0 spiro atoms. The highest BCUT2D eigenvalue weighted by atomic mass is 32.1. The number of thiol groups is 1. The molecule has 13 heteroatoms. The van der Waals surface area contributed by atoms with Gasteiger partial charge in [0.15, 0.2) is 6.10 Å². The van der Waals surface area contributed by atoms with Gasteiger partial charge < -0.3 is 20.4 Å². The predicted octanol–water partition coefficient (Wildman–Crippen LogP) is 2.82. The Hall–Kier alpha value is -1.01. The zero-order chi connectivity index (χ0) is 28.5. The first-order valence-electron chi connectivity index (χ1n) is 12.9. The third-order valence-electron chi connectivity index (χ3n) is 5.93. The van der Waals surface area contributed by atoms with Gasteiger partial charge >= 0.3 is 7.82 Å². The van der Waals surface area contributed by atoms with Gasteiger partial charge in [0, 0.05) is 37.8 Å². The molecule has 37 heavy (non-hydrogen) atoms. The Morgan fingerprint density at radius 3 is 2.24 bits per heavy atom. The van der Waals surface area contributed by atoms with Crippen LogP contribution in [0.25, 0.3) is 0 Å². The van der Waals surface area contributed by atoms with Crippen molar-refractivity contribution in [3.63, 3.8) is 0 Å². The molecule has 4 N–H and O–H groups in total. The van der Waals surface area contributed by atoms with Gasteiger partial charge in [0.1, 0.15) is 0 Å². The molecule has 3 atom stereocenters. The third-order valence-corrected chi connectivity index (χ3v) is 7.09. The Kier molecular flexibility index (Phi) is 18.6. The quantitative estimate of drug-likeness (QED) is 0.0793. The zero-order valence-electron chi connectivity index (χ0n) is 22.7. The second-order valence-corrected chi connectivity index (χ2v) is 11.7.